The summed E-state index contributed by atoms with van der Waals surface area (Å²) in [6.07, 6.45) is 1.88. The molecule has 0 bridgehead atoms. The second-order valence-electron chi connectivity index (χ2n) is 8.97. The maximum Gasteiger partial charge on any atom is 0.196 e. The molecule has 3 aromatic carbocycles. The first-order valence-electron chi connectivity index (χ1n) is 12.4. The minimum Gasteiger partial charge on any atom is -0.497 e. The van der Waals surface area contributed by atoms with E-state index in [-0.39, 0.29) is 5.56 Å². The van der Waals surface area contributed by atoms with E-state index in [4.69, 9.17) is 39.7 Å². The van der Waals surface area contributed by atoms with E-state index in [0.717, 1.165) is 27.4 Å². The van der Waals surface area contributed by atoms with Crippen molar-refractivity contribution in [3.63, 3.8) is 0 Å². The molecule has 11 heteroatoms. The first kappa shape index (κ1) is 26.2. The number of hydrogen-bond donors (Lipinski definition) is 1. The van der Waals surface area contributed by atoms with Crippen molar-refractivity contribution in [3.05, 3.63) is 83.0 Å². The van der Waals surface area contributed by atoms with Crippen LogP contribution < -0.4 is 24.4 Å². The topological polar surface area (TPSA) is 89.1 Å². The summed E-state index contributed by atoms with van der Waals surface area (Å²) in [5, 5.41) is 2.22. The molecule has 1 unspecified atom stereocenters. The van der Waals surface area contributed by atoms with Crippen molar-refractivity contribution in [3.8, 4) is 34.5 Å². The second kappa shape index (κ2) is 11.2. The van der Waals surface area contributed by atoms with E-state index < -0.39 is 0 Å². The second-order valence-corrected chi connectivity index (χ2v) is 10.4. The number of rotatable bonds is 10. The van der Waals surface area contributed by atoms with Crippen molar-refractivity contribution in [2.24, 2.45) is 0 Å². The number of nitrogens with one attached hydrogen (secondary N) is 1. The Bertz CT molecular complexity index is 1650. The van der Waals surface area contributed by atoms with Crippen LogP contribution in [0.2, 0.25) is 5.02 Å². The van der Waals surface area contributed by atoms with Gasteiger partial charge in [0.25, 0.3) is 0 Å². The van der Waals surface area contributed by atoms with Crippen molar-refractivity contribution >= 4 is 34.3 Å². The molecule has 0 saturated carbocycles. The van der Waals surface area contributed by atoms with Crippen molar-refractivity contribution in [1.29, 1.82) is 0 Å². The fourth-order valence-electron chi connectivity index (χ4n) is 4.32. The molecule has 1 aliphatic heterocycles. The van der Waals surface area contributed by atoms with Crippen LogP contribution in [0, 0.1) is 0 Å². The highest BCUT2D eigenvalue weighted by molar-refractivity contribution is 7.99. The number of nitrogens with zero attached hydrogens (tertiary/aromatic N) is 2. The number of imidazole rings is 1. The molecule has 40 heavy (non-hydrogen) atoms. The molecule has 0 aliphatic carbocycles. The number of ether oxygens (including phenoxy) is 5. The normalized spacial score (nSPS) is 14.2. The lowest BCUT2D eigenvalue weighted by atomic mass is 10.2. The Morgan fingerprint density at radius 2 is 1.73 bits per heavy atom. The number of halogens is 1. The van der Waals surface area contributed by atoms with Gasteiger partial charge in [-0.1, -0.05) is 23.7 Å². The lowest BCUT2D eigenvalue weighted by Crippen LogP contribution is -2.19. The van der Waals surface area contributed by atoms with Crippen LogP contribution in [0.3, 0.4) is 0 Å². The molecule has 9 nitrogen and oxygen atoms in total. The number of aromatic nitrogens is 2. The zero-order valence-corrected chi connectivity index (χ0v) is 23.5. The number of furan rings is 1. The zero-order valence-electron chi connectivity index (χ0n) is 22.0. The van der Waals surface area contributed by atoms with Gasteiger partial charge in [0.15, 0.2) is 16.5 Å². The summed E-state index contributed by atoms with van der Waals surface area (Å²) in [6, 6.07) is 18.9. The standard InChI is InChI=1S/C29H26ClN3O6S/c1-34-21-9-18(7-19(30)10-21)16-37-20-6-4-5-17(8-20)15-38-25-11-22(35-2)12-26-23(25)13-27(39-26)24-14-33-28(31-24)40-29(32-33)36-3/h4-14,29,32H,15-16H2,1-3H3. The van der Waals surface area contributed by atoms with Crippen LogP contribution in [-0.4, -0.2) is 36.5 Å². The van der Waals surface area contributed by atoms with Crippen molar-refractivity contribution < 1.29 is 28.1 Å². The number of fused-ring (bicyclic) bond motifs is 2. The fraction of sp³-hybridized carbons (Fsp3) is 0.207. The van der Waals surface area contributed by atoms with Gasteiger partial charge in [0.1, 0.15) is 47.5 Å². The third-order valence-corrected chi connectivity index (χ3v) is 7.50. The van der Waals surface area contributed by atoms with Crippen LogP contribution in [0.5, 0.6) is 23.0 Å². The molecule has 3 heterocycles. The van der Waals surface area contributed by atoms with Gasteiger partial charge in [-0.25, -0.2) is 9.66 Å². The van der Waals surface area contributed by atoms with Crippen LogP contribution >= 0.6 is 23.4 Å². The molecule has 0 radical (unpaired) electrons. The quantitative estimate of drug-likeness (QED) is 0.194. The Morgan fingerprint density at radius 1 is 0.925 bits per heavy atom. The lowest BCUT2D eigenvalue weighted by Gasteiger charge is -2.11. The number of benzene rings is 3. The summed E-state index contributed by atoms with van der Waals surface area (Å²) >= 11 is 7.67. The predicted octanol–water partition coefficient (Wildman–Crippen LogP) is 6.70. The van der Waals surface area contributed by atoms with Gasteiger partial charge in [0.2, 0.25) is 0 Å². The summed E-state index contributed by atoms with van der Waals surface area (Å²) in [7, 11) is 4.87. The largest absolute Gasteiger partial charge is 0.497 e. The summed E-state index contributed by atoms with van der Waals surface area (Å²) in [5.74, 6) is 3.30. The molecular formula is C29H26ClN3O6S. The van der Waals surface area contributed by atoms with Crippen LogP contribution in [0.4, 0.5) is 0 Å². The third kappa shape index (κ3) is 5.51. The average molecular weight is 580 g/mol. The maximum absolute atomic E-state index is 6.26. The Morgan fingerprint density at radius 3 is 2.52 bits per heavy atom. The van der Waals surface area contributed by atoms with E-state index in [2.05, 4.69) is 10.4 Å². The minimum atomic E-state index is -0.166. The number of hydrogen-bond acceptors (Lipinski definition) is 9. The molecule has 0 spiro atoms. The molecule has 2 aromatic heterocycles. The summed E-state index contributed by atoms with van der Waals surface area (Å²) < 4.78 is 36.4. The fourth-order valence-corrected chi connectivity index (χ4v) is 5.39. The average Bonchev–Trinajstić information content (AvgIpc) is 3.68. The lowest BCUT2D eigenvalue weighted by molar-refractivity contribution is 0.187. The number of methoxy groups -OCH3 is 3. The van der Waals surface area contributed by atoms with Gasteiger partial charge >= 0.3 is 0 Å². The van der Waals surface area contributed by atoms with E-state index in [9.17, 15) is 0 Å². The van der Waals surface area contributed by atoms with Crippen LogP contribution in [-0.2, 0) is 18.0 Å². The molecule has 5 aromatic rings. The first-order chi connectivity index (χ1) is 19.5. The molecule has 0 fully saturated rings. The molecule has 1 N–H and O–H groups in total. The van der Waals surface area contributed by atoms with E-state index in [0.29, 0.717) is 52.5 Å². The smallest absolute Gasteiger partial charge is 0.196 e. The SMILES string of the molecule is COc1cc(Cl)cc(COc2cccc(COc3cc(OC)cc4oc(-c5cn6c(n5)SC(OC)N6)cc34)c2)c1. The molecule has 0 saturated heterocycles. The van der Waals surface area contributed by atoms with E-state index >= 15 is 0 Å². The predicted molar refractivity (Wildman–Crippen MR) is 153 cm³/mol. The highest BCUT2D eigenvalue weighted by Crippen LogP contribution is 2.38. The molecule has 6 rings (SSSR count). The highest BCUT2D eigenvalue weighted by Gasteiger charge is 2.25. The van der Waals surface area contributed by atoms with E-state index in [1.807, 2.05) is 65.5 Å². The summed E-state index contributed by atoms with van der Waals surface area (Å²) in [4.78, 5) is 4.67. The Labute approximate surface area is 239 Å². The van der Waals surface area contributed by atoms with Crippen molar-refractivity contribution in [2.45, 2.75) is 23.9 Å². The van der Waals surface area contributed by atoms with E-state index in [1.165, 1.54) is 11.8 Å². The van der Waals surface area contributed by atoms with Crippen molar-refractivity contribution in [1.82, 2.24) is 9.66 Å². The third-order valence-electron chi connectivity index (χ3n) is 6.27. The summed E-state index contributed by atoms with van der Waals surface area (Å²) in [5.41, 5.74) is 6.23. The molecular weight excluding hydrogens is 554 g/mol. The van der Waals surface area contributed by atoms with E-state index in [1.54, 1.807) is 27.4 Å². The van der Waals surface area contributed by atoms with Gasteiger partial charge in [0.05, 0.1) is 25.8 Å². The van der Waals surface area contributed by atoms with Crippen LogP contribution in [0.15, 0.2) is 76.4 Å². The molecule has 0 amide bonds. The van der Waals surface area contributed by atoms with Crippen LogP contribution in [0.25, 0.3) is 22.4 Å². The Hall–Kier alpha value is -3.99. The van der Waals surface area contributed by atoms with Gasteiger partial charge in [-0.3, -0.25) is 5.43 Å². The molecule has 206 valence electrons. The monoisotopic (exact) mass is 579 g/mol. The number of thioether (sulfide) groups is 1. The van der Waals surface area contributed by atoms with Gasteiger partial charge in [-0.05, 0) is 59.3 Å². The first-order valence-corrected chi connectivity index (χ1v) is 13.6. The highest BCUT2D eigenvalue weighted by atomic mass is 35.5. The van der Waals surface area contributed by atoms with Crippen molar-refractivity contribution in [2.75, 3.05) is 26.8 Å². The summed E-state index contributed by atoms with van der Waals surface area (Å²) in [6.45, 7) is 0.676. The van der Waals surface area contributed by atoms with Crippen LogP contribution in [0.1, 0.15) is 11.1 Å². The maximum atomic E-state index is 6.26. The molecule has 1 aliphatic rings. The van der Waals surface area contributed by atoms with Gasteiger partial charge in [0, 0.05) is 24.3 Å². The Balaban J connectivity index is 1.18. The molecule has 1 atom stereocenters. The zero-order chi connectivity index (χ0) is 27.6. The van der Waals surface area contributed by atoms with Gasteiger partial charge in [-0.15, -0.1) is 0 Å². The van der Waals surface area contributed by atoms with Gasteiger partial charge < -0.3 is 28.1 Å². The minimum absolute atomic E-state index is 0.166. The van der Waals surface area contributed by atoms with Gasteiger partial charge in [-0.2, -0.15) is 0 Å². The Kier molecular flexibility index (Phi) is 7.38.